The van der Waals surface area contributed by atoms with E-state index in [4.69, 9.17) is 0 Å². The molecular formula is C36H22N2S. The number of aromatic nitrogens is 2. The molecule has 2 nitrogen and oxygen atoms in total. The van der Waals surface area contributed by atoms with Gasteiger partial charge in [-0.3, -0.25) is 0 Å². The summed E-state index contributed by atoms with van der Waals surface area (Å²) in [7, 11) is 0. The monoisotopic (exact) mass is 514 g/mol. The fraction of sp³-hybridized carbons (Fsp3) is 0. The van der Waals surface area contributed by atoms with Crippen molar-refractivity contribution in [3.05, 3.63) is 133 Å². The molecule has 0 fully saturated rings. The summed E-state index contributed by atoms with van der Waals surface area (Å²) in [4.78, 5) is 0. The molecule has 3 heterocycles. The maximum absolute atomic E-state index is 2.44. The molecule has 39 heavy (non-hydrogen) atoms. The predicted octanol–water partition coefficient (Wildman–Crippen LogP) is 10.2. The van der Waals surface area contributed by atoms with Gasteiger partial charge in [-0.2, -0.15) is 0 Å². The van der Waals surface area contributed by atoms with Crippen molar-refractivity contribution in [2.45, 2.75) is 0 Å². The summed E-state index contributed by atoms with van der Waals surface area (Å²) in [6, 6.07) is 48.8. The van der Waals surface area contributed by atoms with Gasteiger partial charge in [0.15, 0.2) is 0 Å². The Bertz CT molecular complexity index is 2350. The van der Waals surface area contributed by atoms with Crippen LogP contribution in [-0.4, -0.2) is 9.13 Å². The smallest absolute Gasteiger partial charge is 0.0561 e. The SMILES string of the molecule is c1ccc2c(c1)sc1ccc(-n3c4ccccc4c4ccc(-n5c6ccccc6c6ccccc65)cc43)cc12. The Morgan fingerprint density at radius 2 is 0.795 bits per heavy atom. The lowest BCUT2D eigenvalue weighted by molar-refractivity contribution is 1.16. The summed E-state index contributed by atoms with van der Waals surface area (Å²) in [6.07, 6.45) is 0. The molecule has 0 N–H and O–H groups in total. The van der Waals surface area contributed by atoms with Crippen molar-refractivity contribution in [1.29, 1.82) is 0 Å². The largest absolute Gasteiger partial charge is 0.309 e. The molecule has 0 spiro atoms. The molecule has 0 bridgehead atoms. The number of hydrogen-bond donors (Lipinski definition) is 0. The Morgan fingerprint density at radius 3 is 1.46 bits per heavy atom. The van der Waals surface area contributed by atoms with Crippen LogP contribution in [0.3, 0.4) is 0 Å². The Morgan fingerprint density at radius 1 is 0.333 bits per heavy atom. The van der Waals surface area contributed by atoms with Crippen molar-refractivity contribution in [2.75, 3.05) is 0 Å². The summed E-state index contributed by atoms with van der Waals surface area (Å²) >= 11 is 1.87. The van der Waals surface area contributed by atoms with Crippen LogP contribution < -0.4 is 0 Å². The van der Waals surface area contributed by atoms with Gasteiger partial charge < -0.3 is 9.13 Å². The van der Waals surface area contributed by atoms with Crippen LogP contribution in [0.2, 0.25) is 0 Å². The van der Waals surface area contributed by atoms with E-state index in [-0.39, 0.29) is 0 Å². The van der Waals surface area contributed by atoms with Gasteiger partial charge in [-0.05, 0) is 54.6 Å². The second-order valence-electron chi connectivity index (χ2n) is 10.2. The maximum atomic E-state index is 2.44. The van der Waals surface area contributed by atoms with Gasteiger partial charge in [-0.25, -0.2) is 0 Å². The molecule has 0 amide bonds. The molecular weight excluding hydrogens is 492 g/mol. The van der Waals surface area contributed by atoms with Crippen molar-refractivity contribution in [3.63, 3.8) is 0 Å². The van der Waals surface area contributed by atoms with Gasteiger partial charge in [0.1, 0.15) is 0 Å². The molecule has 6 aromatic carbocycles. The van der Waals surface area contributed by atoms with Gasteiger partial charge in [-0.1, -0.05) is 78.9 Å². The lowest BCUT2D eigenvalue weighted by Gasteiger charge is -2.11. The van der Waals surface area contributed by atoms with Gasteiger partial charge in [0, 0.05) is 53.1 Å². The van der Waals surface area contributed by atoms with E-state index in [1.54, 1.807) is 0 Å². The molecule has 9 aromatic rings. The van der Waals surface area contributed by atoms with E-state index >= 15 is 0 Å². The second kappa shape index (κ2) is 7.83. The van der Waals surface area contributed by atoms with Crippen molar-refractivity contribution < 1.29 is 0 Å². The first-order chi connectivity index (χ1) is 19.3. The second-order valence-corrected chi connectivity index (χ2v) is 11.3. The Kier molecular flexibility index (Phi) is 4.24. The van der Waals surface area contributed by atoms with Crippen LogP contribution >= 0.6 is 11.3 Å². The minimum atomic E-state index is 1.17. The zero-order valence-electron chi connectivity index (χ0n) is 21.0. The first-order valence-electron chi connectivity index (χ1n) is 13.3. The zero-order chi connectivity index (χ0) is 25.5. The van der Waals surface area contributed by atoms with Crippen molar-refractivity contribution >= 4 is 75.1 Å². The standard InChI is InChI=1S/C36H22N2S/c1-5-13-31-25(9-1)26-10-2-6-14-32(26)37(31)24-17-19-28-27-11-3-7-15-33(27)38(34(28)22-24)23-18-20-36-30(21-23)29-12-4-8-16-35(29)39-36/h1-22H. The maximum Gasteiger partial charge on any atom is 0.0561 e. The summed E-state index contributed by atoms with van der Waals surface area (Å²) in [5, 5.41) is 7.75. The lowest BCUT2D eigenvalue weighted by Crippen LogP contribution is -1.96. The quantitative estimate of drug-likeness (QED) is 0.217. The van der Waals surface area contributed by atoms with Gasteiger partial charge in [-0.15, -0.1) is 11.3 Å². The van der Waals surface area contributed by atoms with Gasteiger partial charge in [0.2, 0.25) is 0 Å². The fourth-order valence-electron chi connectivity index (χ4n) is 6.43. The van der Waals surface area contributed by atoms with Crippen molar-refractivity contribution in [2.24, 2.45) is 0 Å². The van der Waals surface area contributed by atoms with Crippen LogP contribution in [-0.2, 0) is 0 Å². The van der Waals surface area contributed by atoms with E-state index < -0.39 is 0 Å². The molecule has 3 heteroatoms. The van der Waals surface area contributed by atoms with E-state index in [2.05, 4.69) is 143 Å². The normalized spacial score (nSPS) is 12.1. The third-order valence-corrected chi connectivity index (χ3v) is 9.27. The molecule has 0 aliphatic heterocycles. The van der Waals surface area contributed by atoms with Crippen LogP contribution in [0.25, 0.3) is 75.2 Å². The first-order valence-corrected chi connectivity index (χ1v) is 14.1. The number of rotatable bonds is 2. The number of benzene rings is 6. The summed E-state index contributed by atoms with van der Waals surface area (Å²) in [5.74, 6) is 0. The highest BCUT2D eigenvalue weighted by Gasteiger charge is 2.17. The average molecular weight is 515 g/mol. The van der Waals surface area contributed by atoms with E-state index in [9.17, 15) is 0 Å². The molecule has 0 radical (unpaired) electrons. The zero-order valence-corrected chi connectivity index (χ0v) is 21.8. The van der Waals surface area contributed by atoms with Crippen molar-refractivity contribution in [1.82, 2.24) is 9.13 Å². The molecule has 0 saturated carbocycles. The first kappa shape index (κ1) is 21.1. The number of nitrogens with zero attached hydrogens (tertiary/aromatic N) is 2. The van der Waals surface area contributed by atoms with E-state index in [1.165, 1.54) is 75.2 Å². The van der Waals surface area contributed by atoms with Crippen LogP contribution in [0.5, 0.6) is 0 Å². The molecule has 0 saturated heterocycles. The minimum Gasteiger partial charge on any atom is -0.309 e. The van der Waals surface area contributed by atoms with Crippen LogP contribution in [0, 0.1) is 0 Å². The van der Waals surface area contributed by atoms with Gasteiger partial charge >= 0.3 is 0 Å². The summed E-state index contributed by atoms with van der Waals surface area (Å²) < 4.78 is 7.50. The van der Waals surface area contributed by atoms with Crippen LogP contribution in [0.15, 0.2) is 133 Å². The summed E-state index contributed by atoms with van der Waals surface area (Å²) in [5.41, 5.74) is 7.27. The molecule has 9 rings (SSSR count). The Labute approximate surface area is 228 Å². The molecule has 0 atom stereocenters. The third-order valence-electron chi connectivity index (χ3n) is 8.11. The number of hydrogen-bond acceptors (Lipinski definition) is 1. The minimum absolute atomic E-state index is 1.17. The van der Waals surface area contributed by atoms with Gasteiger partial charge in [0.05, 0.1) is 22.1 Å². The van der Waals surface area contributed by atoms with E-state index in [1.807, 2.05) is 11.3 Å². The van der Waals surface area contributed by atoms with E-state index in [0.29, 0.717) is 0 Å². The number of fused-ring (bicyclic) bond motifs is 9. The Hall–Kier alpha value is -4.86. The van der Waals surface area contributed by atoms with Crippen molar-refractivity contribution in [3.8, 4) is 11.4 Å². The average Bonchev–Trinajstić information content (AvgIpc) is 3.64. The predicted molar refractivity (Wildman–Crippen MR) is 168 cm³/mol. The van der Waals surface area contributed by atoms with E-state index in [0.717, 1.165) is 0 Å². The third kappa shape index (κ3) is 2.91. The highest BCUT2D eigenvalue weighted by atomic mass is 32.1. The highest BCUT2D eigenvalue weighted by Crippen LogP contribution is 2.39. The number of para-hydroxylation sites is 3. The Balaban J connectivity index is 1.38. The highest BCUT2D eigenvalue weighted by molar-refractivity contribution is 7.25. The molecule has 182 valence electrons. The molecule has 0 unspecified atom stereocenters. The summed E-state index contributed by atoms with van der Waals surface area (Å²) in [6.45, 7) is 0. The number of thiophene rings is 1. The molecule has 0 aliphatic rings. The fourth-order valence-corrected chi connectivity index (χ4v) is 7.52. The molecule has 3 aromatic heterocycles. The van der Waals surface area contributed by atoms with Gasteiger partial charge in [0.25, 0.3) is 0 Å². The molecule has 0 aliphatic carbocycles. The van der Waals surface area contributed by atoms with Crippen LogP contribution in [0.1, 0.15) is 0 Å². The lowest BCUT2D eigenvalue weighted by atomic mass is 10.1. The van der Waals surface area contributed by atoms with Crippen LogP contribution in [0.4, 0.5) is 0 Å². The topological polar surface area (TPSA) is 9.86 Å².